The SMILES string of the molecule is CC(c1ccccc1)N(CC1CCC1)C(=O)C(=N)C=C(N)C(F)(F)F. The molecule has 1 aliphatic carbocycles. The molecule has 1 aromatic carbocycles. The highest BCUT2D eigenvalue weighted by atomic mass is 19.4. The number of benzene rings is 1. The van der Waals surface area contributed by atoms with Gasteiger partial charge in [-0.25, -0.2) is 0 Å². The average molecular weight is 353 g/mol. The lowest BCUT2D eigenvalue weighted by molar-refractivity contribution is -0.127. The van der Waals surface area contributed by atoms with Gasteiger partial charge >= 0.3 is 6.18 Å². The van der Waals surface area contributed by atoms with Crippen LogP contribution in [-0.4, -0.2) is 29.2 Å². The third-order valence-corrected chi connectivity index (χ3v) is 4.55. The van der Waals surface area contributed by atoms with Gasteiger partial charge in [-0.2, -0.15) is 13.2 Å². The van der Waals surface area contributed by atoms with E-state index >= 15 is 0 Å². The van der Waals surface area contributed by atoms with Gasteiger partial charge in [0, 0.05) is 6.54 Å². The maximum Gasteiger partial charge on any atom is 0.430 e. The van der Waals surface area contributed by atoms with Gasteiger partial charge in [0.25, 0.3) is 5.91 Å². The fourth-order valence-electron chi connectivity index (χ4n) is 2.74. The van der Waals surface area contributed by atoms with Gasteiger partial charge in [0.05, 0.1) is 6.04 Å². The summed E-state index contributed by atoms with van der Waals surface area (Å²) in [7, 11) is 0. The van der Waals surface area contributed by atoms with Crippen LogP contribution in [0.5, 0.6) is 0 Å². The molecule has 0 aromatic heterocycles. The molecular formula is C18H22F3N3O. The summed E-state index contributed by atoms with van der Waals surface area (Å²) in [4.78, 5) is 14.1. The van der Waals surface area contributed by atoms with E-state index < -0.39 is 23.5 Å². The van der Waals surface area contributed by atoms with E-state index in [2.05, 4.69) is 0 Å². The largest absolute Gasteiger partial charge is 0.430 e. The Hall–Kier alpha value is -2.31. The van der Waals surface area contributed by atoms with Crippen molar-refractivity contribution in [2.24, 2.45) is 11.7 Å². The van der Waals surface area contributed by atoms with Gasteiger partial charge in [0.1, 0.15) is 11.4 Å². The van der Waals surface area contributed by atoms with E-state index in [-0.39, 0.29) is 6.04 Å². The molecule has 0 bridgehead atoms. The van der Waals surface area contributed by atoms with Crippen molar-refractivity contribution in [2.75, 3.05) is 6.54 Å². The minimum absolute atomic E-state index is 0.326. The number of nitrogens with zero attached hydrogens (tertiary/aromatic N) is 1. The summed E-state index contributed by atoms with van der Waals surface area (Å²) >= 11 is 0. The Bertz CT molecular complexity index is 651. The number of nitrogens with two attached hydrogens (primary N) is 1. The smallest absolute Gasteiger partial charge is 0.395 e. The number of hydrogen-bond acceptors (Lipinski definition) is 3. The second kappa shape index (κ2) is 7.72. The second-order valence-corrected chi connectivity index (χ2v) is 6.35. The number of hydrogen-bond donors (Lipinski definition) is 2. The first-order chi connectivity index (χ1) is 11.7. The van der Waals surface area contributed by atoms with E-state index in [1.54, 1.807) is 0 Å². The lowest BCUT2D eigenvalue weighted by Gasteiger charge is -2.36. The quantitative estimate of drug-likeness (QED) is 0.764. The molecule has 136 valence electrons. The molecule has 0 spiro atoms. The minimum atomic E-state index is -4.75. The van der Waals surface area contributed by atoms with E-state index in [0.29, 0.717) is 18.5 Å². The average Bonchev–Trinajstić information content (AvgIpc) is 2.52. The molecule has 1 saturated carbocycles. The zero-order valence-corrected chi connectivity index (χ0v) is 14.0. The van der Waals surface area contributed by atoms with Crippen LogP contribution in [0.15, 0.2) is 42.1 Å². The van der Waals surface area contributed by atoms with Gasteiger partial charge < -0.3 is 10.6 Å². The number of carbonyl (C=O) groups is 1. The third kappa shape index (κ3) is 4.84. The summed E-state index contributed by atoms with van der Waals surface area (Å²) < 4.78 is 37.7. The molecule has 4 nitrogen and oxygen atoms in total. The minimum Gasteiger partial charge on any atom is -0.395 e. The number of allylic oxidation sites excluding steroid dienone is 1. The Kier molecular flexibility index (Phi) is 5.87. The number of halogens is 3. The normalized spacial score (nSPS) is 16.9. The molecule has 1 atom stereocenters. The van der Waals surface area contributed by atoms with Crippen molar-refractivity contribution in [3.8, 4) is 0 Å². The van der Waals surface area contributed by atoms with Gasteiger partial charge in [-0.15, -0.1) is 0 Å². The van der Waals surface area contributed by atoms with Crippen LogP contribution in [0.3, 0.4) is 0 Å². The number of carbonyl (C=O) groups excluding carboxylic acids is 1. The van der Waals surface area contributed by atoms with Crippen molar-refractivity contribution in [1.82, 2.24) is 4.90 Å². The number of nitrogens with one attached hydrogen (secondary N) is 1. The van der Waals surface area contributed by atoms with Crippen LogP contribution >= 0.6 is 0 Å². The van der Waals surface area contributed by atoms with Crippen LogP contribution in [0, 0.1) is 11.3 Å². The highest BCUT2D eigenvalue weighted by Gasteiger charge is 2.34. The monoisotopic (exact) mass is 353 g/mol. The summed E-state index contributed by atoms with van der Waals surface area (Å²) in [6.45, 7) is 2.24. The molecule has 1 amide bonds. The molecule has 3 N–H and O–H groups in total. The van der Waals surface area contributed by atoms with Crippen molar-refractivity contribution < 1.29 is 18.0 Å². The summed E-state index contributed by atoms with van der Waals surface area (Å²) in [6, 6.07) is 8.90. The van der Waals surface area contributed by atoms with E-state index in [4.69, 9.17) is 11.1 Å². The van der Waals surface area contributed by atoms with Gasteiger partial charge in [0.15, 0.2) is 0 Å². The van der Waals surface area contributed by atoms with E-state index in [1.807, 2.05) is 37.3 Å². The standard InChI is InChI=1S/C18H22F3N3O/c1-12(14-8-3-2-4-9-14)24(11-13-6-5-7-13)17(25)15(22)10-16(23)18(19,20)21/h2-4,8-10,12-13,22H,5-7,11,23H2,1H3. The Balaban J connectivity index is 2.22. The van der Waals surface area contributed by atoms with Gasteiger partial charge in [-0.1, -0.05) is 36.8 Å². The zero-order chi connectivity index (χ0) is 18.6. The zero-order valence-electron chi connectivity index (χ0n) is 14.0. The van der Waals surface area contributed by atoms with Crippen molar-refractivity contribution >= 4 is 11.6 Å². The highest BCUT2D eigenvalue weighted by Crippen LogP contribution is 2.31. The molecule has 0 heterocycles. The first-order valence-electron chi connectivity index (χ1n) is 8.19. The summed E-state index contributed by atoms with van der Waals surface area (Å²) in [6.07, 6.45) is -1.30. The maximum absolute atomic E-state index is 12.6. The third-order valence-electron chi connectivity index (χ3n) is 4.55. The van der Waals surface area contributed by atoms with Crippen molar-refractivity contribution in [3.05, 3.63) is 47.7 Å². The number of rotatable bonds is 6. The van der Waals surface area contributed by atoms with Crippen LogP contribution in [0.2, 0.25) is 0 Å². The van der Waals surface area contributed by atoms with Crippen LogP contribution in [0.25, 0.3) is 0 Å². The van der Waals surface area contributed by atoms with Crippen LogP contribution in [0.4, 0.5) is 13.2 Å². The fourth-order valence-corrected chi connectivity index (χ4v) is 2.74. The lowest BCUT2D eigenvalue weighted by atomic mass is 9.84. The Morgan fingerprint density at radius 2 is 1.96 bits per heavy atom. The Morgan fingerprint density at radius 1 is 1.36 bits per heavy atom. The lowest BCUT2D eigenvalue weighted by Crippen LogP contribution is -2.42. The Labute approximate surface area is 145 Å². The molecule has 2 rings (SSSR count). The topological polar surface area (TPSA) is 70.2 Å². The molecule has 7 heteroatoms. The first-order valence-corrected chi connectivity index (χ1v) is 8.19. The van der Waals surface area contributed by atoms with Gasteiger partial charge in [0.2, 0.25) is 0 Å². The predicted octanol–water partition coefficient (Wildman–Crippen LogP) is 3.80. The molecular weight excluding hydrogens is 331 g/mol. The van der Waals surface area contributed by atoms with Crippen molar-refractivity contribution in [2.45, 2.75) is 38.4 Å². The van der Waals surface area contributed by atoms with Crippen LogP contribution in [-0.2, 0) is 4.79 Å². The maximum atomic E-state index is 12.6. The van der Waals surface area contributed by atoms with Crippen molar-refractivity contribution in [1.29, 1.82) is 5.41 Å². The molecule has 0 radical (unpaired) electrons. The Morgan fingerprint density at radius 3 is 2.44 bits per heavy atom. The van der Waals surface area contributed by atoms with E-state index in [9.17, 15) is 18.0 Å². The summed E-state index contributed by atoms with van der Waals surface area (Å²) in [5, 5.41) is 7.76. The molecule has 1 fully saturated rings. The molecule has 1 aromatic rings. The fraction of sp³-hybridized carbons (Fsp3) is 0.444. The van der Waals surface area contributed by atoms with Crippen LogP contribution < -0.4 is 5.73 Å². The molecule has 0 aliphatic heterocycles. The highest BCUT2D eigenvalue weighted by molar-refractivity contribution is 6.42. The summed E-state index contributed by atoms with van der Waals surface area (Å²) in [5.41, 5.74) is 3.62. The second-order valence-electron chi connectivity index (χ2n) is 6.35. The van der Waals surface area contributed by atoms with Gasteiger partial charge in [-0.05, 0) is 37.3 Å². The molecule has 0 saturated heterocycles. The molecule has 1 aliphatic rings. The van der Waals surface area contributed by atoms with E-state index in [1.165, 1.54) is 4.90 Å². The summed E-state index contributed by atoms with van der Waals surface area (Å²) in [5.74, 6) is -0.415. The number of amides is 1. The van der Waals surface area contributed by atoms with E-state index in [0.717, 1.165) is 24.8 Å². The van der Waals surface area contributed by atoms with Gasteiger partial charge in [-0.3, -0.25) is 10.2 Å². The number of alkyl halides is 3. The molecule has 25 heavy (non-hydrogen) atoms. The predicted molar refractivity (Wildman–Crippen MR) is 90.0 cm³/mol. The molecule has 1 unspecified atom stereocenters. The first kappa shape index (κ1) is 19.0. The van der Waals surface area contributed by atoms with Crippen LogP contribution in [0.1, 0.15) is 37.8 Å². The van der Waals surface area contributed by atoms with Crippen molar-refractivity contribution in [3.63, 3.8) is 0 Å².